The highest BCUT2D eigenvalue weighted by molar-refractivity contribution is 7.89. The number of urea groups is 1. The SMILES string of the molecule is Cc1cccc(CCNC(=O)N2CCN(S(=O)(=O)c3cccc(Cl)c3)CC2)c1. The molecule has 150 valence electrons. The summed E-state index contributed by atoms with van der Waals surface area (Å²) in [5, 5.41) is 3.30. The fraction of sp³-hybridized carbons (Fsp3) is 0.350. The van der Waals surface area contributed by atoms with Crippen molar-refractivity contribution in [3.63, 3.8) is 0 Å². The van der Waals surface area contributed by atoms with Gasteiger partial charge in [0.2, 0.25) is 10.0 Å². The van der Waals surface area contributed by atoms with Crippen molar-refractivity contribution in [3.05, 3.63) is 64.7 Å². The average Bonchev–Trinajstić information content (AvgIpc) is 2.68. The number of aryl methyl sites for hydroxylation is 1. The van der Waals surface area contributed by atoms with Crippen LogP contribution in [0.15, 0.2) is 53.4 Å². The van der Waals surface area contributed by atoms with Gasteiger partial charge in [-0.15, -0.1) is 0 Å². The largest absolute Gasteiger partial charge is 0.338 e. The van der Waals surface area contributed by atoms with E-state index in [2.05, 4.69) is 11.4 Å². The van der Waals surface area contributed by atoms with E-state index in [0.29, 0.717) is 24.7 Å². The van der Waals surface area contributed by atoms with Crippen LogP contribution in [-0.4, -0.2) is 56.4 Å². The Morgan fingerprint density at radius 3 is 2.46 bits per heavy atom. The van der Waals surface area contributed by atoms with E-state index >= 15 is 0 Å². The summed E-state index contributed by atoms with van der Waals surface area (Å²) < 4.78 is 26.8. The number of amides is 2. The Balaban J connectivity index is 1.50. The minimum atomic E-state index is -3.60. The standard InChI is InChI=1S/C20H24ClN3O3S/c1-16-4-2-5-17(14-16)8-9-22-20(25)23-10-12-24(13-11-23)28(26,27)19-7-3-6-18(21)15-19/h2-7,14-15H,8-13H2,1H3,(H,22,25). The molecule has 0 aromatic heterocycles. The summed E-state index contributed by atoms with van der Waals surface area (Å²) in [6, 6.07) is 14.3. The lowest BCUT2D eigenvalue weighted by atomic mass is 10.1. The second-order valence-corrected chi connectivity index (χ2v) is 9.19. The van der Waals surface area contributed by atoms with Crippen LogP contribution in [0.1, 0.15) is 11.1 Å². The number of benzene rings is 2. The Bertz CT molecular complexity index is 941. The van der Waals surface area contributed by atoms with Crippen LogP contribution in [0.5, 0.6) is 0 Å². The molecule has 1 N–H and O–H groups in total. The molecule has 0 aliphatic carbocycles. The molecule has 28 heavy (non-hydrogen) atoms. The van der Waals surface area contributed by atoms with Gasteiger partial charge in [-0.1, -0.05) is 47.5 Å². The number of sulfonamides is 1. The highest BCUT2D eigenvalue weighted by Crippen LogP contribution is 2.20. The van der Waals surface area contributed by atoms with Crippen LogP contribution < -0.4 is 5.32 Å². The zero-order valence-corrected chi connectivity index (χ0v) is 17.3. The van der Waals surface area contributed by atoms with Crippen LogP contribution in [0, 0.1) is 6.92 Å². The maximum atomic E-state index is 12.7. The number of halogens is 1. The summed E-state index contributed by atoms with van der Waals surface area (Å²) in [6.45, 7) is 3.83. The van der Waals surface area contributed by atoms with Crippen molar-refractivity contribution in [2.24, 2.45) is 0 Å². The van der Waals surface area contributed by atoms with E-state index in [9.17, 15) is 13.2 Å². The van der Waals surface area contributed by atoms with E-state index in [1.807, 2.05) is 25.1 Å². The molecule has 0 unspecified atom stereocenters. The number of nitrogens with one attached hydrogen (secondary N) is 1. The van der Waals surface area contributed by atoms with Gasteiger partial charge < -0.3 is 10.2 Å². The average molecular weight is 422 g/mol. The van der Waals surface area contributed by atoms with Crippen LogP contribution in [0.4, 0.5) is 4.79 Å². The van der Waals surface area contributed by atoms with Gasteiger partial charge in [-0.3, -0.25) is 0 Å². The molecule has 3 rings (SSSR count). The molecular weight excluding hydrogens is 398 g/mol. The number of nitrogens with zero attached hydrogens (tertiary/aromatic N) is 2. The molecule has 0 atom stereocenters. The van der Waals surface area contributed by atoms with Gasteiger partial charge in [0.1, 0.15) is 0 Å². The van der Waals surface area contributed by atoms with Crippen molar-refractivity contribution in [2.75, 3.05) is 32.7 Å². The zero-order valence-electron chi connectivity index (χ0n) is 15.8. The van der Waals surface area contributed by atoms with E-state index in [1.54, 1.807) is 17.0 Å². The number of carbonyl (C=O) groups is 1. The molecule has 1 heterocycles. The molecule has 8 heteroatoms. The van der Waals surface area contributed by atoms with Crippen LogP contribution in [0.2, 0.25) is 5.02 Å². The number of rotatable bonds is 5. The summed E-state index contributed by atoms with van der Waals surface area (Å²) >= 11 is 5.91. The minimum Gasteiger partial charge on any atom is -0.338 e. The van der Waals surface area contributed by atoms with Gasteiger partial charge in [-0.05, 0) is 37.1 Å². The Hall–Kier alpha value is -2.09. The highest BCUT2D eigenvalue weighted by atomic mass is 35.5. The molecule has 0 radical (unpaired) electrons. The summed E-state index contributed by atoms with van der Waals surface area (Å²) in [5.41, 5.74) is 2.37. The third kappa shape index (κ3) is 5.04. The first-order valence-electron chi connectivity index (χ1n) is 9.20. The summed E-state index contributed by atoms with van der Waals surface area (Å²) in [5.74, 6) is 0. The molecule has 1 aliphatic heterocycles. The number of hydrogen-bond donors (Lipinski definition) is 1. The molecular formula is C20H24ClN3O3S. The molecule has 0 spiro atoms. The van der Waals surface area contributed by atoms with Crippen molar-refractivity contribution in [1.82, 2.24) is 14.5 Å². The lowest BCUT2D eigenvalue weighted by Crippen LogP contribution is -2.53. The zero-order chi connectivity index (χ0) is 20.1. The summed E-state index contributed by atoms with van der Waals surface area (Å²) in [4.78, 5) is 14.2. The first kappa shape index (κ1) is 20.6. The maximum Gasteiger partial charge on any atom is 0.317 e. The van der Waals surface area contributed by atoms with Gasteiger partial charge in [-0.25, -0.2) is 13.2 Å². The van der Waals surface area contributed by atoms with Crippen LogP contribution in [0.3, 0.4) is 0 Å². The predicted octanol–water partition coefficient (Wildman–Crippen LogP) is 2.91. The Labute approximate surface area is 171 Å². The maximum absolute atomic E-state index is 12.7. The predicted molar refractivity (Wildman–Crippen MR) is 110 cm³/mol. The quantitative estimate of drug-likeness (QED) is 0.806. The smallest absolute Gasteiger partial charge is 0.317 e. The number of hydrogen-bond acceptors (Lipinski definition) is 3. The number of carbonyl (C=O) groups excluding carboxylic acids is 1. The van der Waals surface area contributed by atoms with Crippen molar-refractivity contribution in [3.8, 4) is 0 Å². The monoisotopic (exact) mass is 421 g/mol. The van der Waals surface area contributed by atoms with Gasteiger partial charge >= 0.3 is 6.03 Å². The third-order valence-corrected chi connectivity index (χ3v) is 6.86. The van der Waals surface area contributed by atoms with Gasteiger partial charge in [0.05, 0.1) is 4.90 Å². The Kier molecular flexibility index (Phi) is 6.59. The number of piperazine rings is 1. The first-order chi connectivity index (χ1) is 13.4. The van der Waals surface area contributed by atoms with E-state index in [1.165, 1.54) is 27.6 Å². The molecule has 6 nitrogen and oxygen atoms in total. The lowest BCUT2D eigenvalue weighted by molar-refractivity contribution is 0.172. The first-order valence-corrected chi connectivity index (χ1v) is 11.0. The van der Waals surface area contributed by atoms with Crippen molar-refractivity contribution >= 4 is 27.7 Å². The molecule has 2 aromatic carbocycles. The molecule has 1 saturated heterocycles. The second-order valence-electron chi connectivity index (χ2n) is 6.82. The summed E-state index contributed by atoms with van der Waals surface area (Å²) in [6.07, 6.45) is 0.760. The highest BCUT2D eigenvalue weighted by Gasteiger charge is 2.30. The minimum absolute atomic E-state index is 0.160. The van der Waals surface area contributed by atoms with Crippen LogP contribution in [0.25, 0.3) is 0 Å². The third-order valence-electron chi connectivity index (χ3n) is 4.73. The topological polar surface area (TPSA) is 69.7 Å². The molecule has 2 amide bonds. The van der Waals surface area contributed by atoms with E-state index < -0.39 is 10.0 Å². The van der Waals surface area contributed by atoms with E-state index in [0.717, 1.165) is 6.42 Å². The molecule has 1 fully saturated rings. The van der Waals surface area contributed by atoms with Crippen molar-refractivity contribution in [1.29, 1.82) is 0 Å². The Morgan fingerprint density at radius 2 is 1.79 bits per heavy atom. The van der Waals surface area contributed by atoms with E-state index in [4.69, 9.17) is 11.6 Å². The molecule has 1 aliphatic rings. The van der Waals surface area contributed by atoms with Gasteiger partial charge in [0, 0.05) is 37.7 Å². The van der Waals surface area contributed by atoms with Crippen molar-refractivity contribution < 1.29 is 13.2 Å². The lowest BCUT2D eigenvalue weighted by Gasteiger charge is -2.34. The fourth-order valence-corrected chi connectivity index (χ4v) is 4.92. The van der Waals surface area contributed by atoms with Crippen molar-refractivity contribution in [2.45, 2.75) is 18.2 Å². The molecule has 0 saturated carbocycles. The normalized spacial score (nSPS) is 15.4. The van der Waals surface area contributed by atoms with Crippen LogP contribution >= 0.6 is 11.6 Å². The van der Waals surface area contributed by atoms with Gasteiger partial charge in [0.15, 0.2) is 0 Å². The molecule has 0 bridgehead atoms. The Morgan fingerprint density at radius 1 is 1.07 bits per heavy atom. The van der Waals surface area contributed by atoms with Gasteiger partial charge in [-0.2, -0.15) is 4.31 Å². The fourth-order valence-electron chi connectivity index (χ4n) is 3.20. The van der Waals surface area contributed by atoms with Crippen LogP contribution in [-0.2, 0) is 16.4 Å². The van der Waals surface area contributed by atoms with Gasteiger partial charge in [0.25, 0.3) is 0 Å². The summed E-state index contributed by atoms with van der Waals surface area (Å²) in [7, 11) is -3.60. The molecule has 2 aromatic rings. The van der Waals surface area contributed by atoms with E-state index in [-0.39, 0.29) is 24.0 Å². The second kappa shape index (κ2) is 8.94.